The topological polar surface area (TPSA) is 66.4 Å². The van der Waals surface area contributed by atoms with Crippen molar-refractivity contribution < 1.29 is 14.8 Å². The van der Waals surface area contributed by atoms with Gasteiger partial charge in [0.1, 0.15) is 0 Å². The first-order valence-corrected chi connectivity index (χ1v) is 6.88. The molecule has 0 radical (unpaired) electrons. The number of rotatable bonds is 3. The van der Waals surface area contributed by atoms with Crippen molar-refractivity contribution in [1.29, 1.82) is 0 Å². The van der Waals surface area contributed by atoms with E-state index in [-0.39, 0.29) is 11.7 Å². The lowest BCUT2D eigenvalue weighted by molar-refractivity contribution is -0.130. The van der Waals surface area contributed by atoms with Gasteiger partial charge in [0.25, 0.3) is 5.91 Å². The number of hydrogen-bond acceptors (Lipinski definition) is 3. The van der Waals surface area contributed by atoms with Crippen LogP contribution in [-0.4, -0.2) is 16.9 Å². The fourth-order valence-electron chi connectivity index (χ4n) is 2.96. The van der Waals surface area contributed by atoms with Crippen LogP contribution in [0.3, 0.4) is 0 Å². The zero-order chi connectivity index (χ0) is 14.8. The minimum absolute atomic E-state index is 0.0301. The molecule has 0 saturated carbocycles. The molecule has 4 heteroatoms. The first-order chi connectivity index (χ1) is 10.2. The van der Waals surface area contributed by atoms with Gasteiger partial charge in [-0.05, 0) is 24.0 Å². The lowest BCUT2D eigenvalue weighted by Crippen LogP contribution is -2.24. The van der Waals surface area contributed by atoms with Gasteiger partial charge in [-0.2, -0.15) is 0 Å². The Balaban J connectivity index is 2.02. The normalized spacial score (nSPS) is 16.3. The van der Waals surface area contributed by atoms with Crippen molar-refractivity contribution in [3.05, 3.63) is 70.8 Å². The maximum absolute atomic E-state index is 12.6. The number of hydroxylamine groups is 1. The highest BCUT2D eigenvalue weighted by Gasteiger charge is 2.31. The van der Waals surface area contributed by atoms with Gasteiger partial charge in [0, 0.05) is 11.1 Å². The molecule has 2 aromatic carbocycles. The summed E-state index contributed by atoms with van der Waals surface area (Å²) in [5, 5.41) is 8.81. The second-order valence-corrected chi connectivity index (χ2v) is 5.14. The van der Waals surface area contributed by atoms with Crippen LogP contribution in [0.4, 0.5) is 0 Å². The summed E-state index contributed by atoms with van der Waals surface area (Å²) >= 11 is 0. The number of ketones is 1. The fourth-order valence-corrected chi connectivity index (χ4v) is 2.96. The van der Waals surface area contributed by atoms with Crippen molar-refractivity contribution in [2.75, 3.05) is 0 Å². The summed E-state index contributed by atoms with van der Waals surface area (Å²) in [7, 11) is 0. The van der Waals surface area contributed by atoms with E-state index in [0.29, 0.717) is 24.0 Å². The van der Waals surface area contributed by atoms with Crippen LogP contribution in [0.5, 0.6) is 0 Å². The zero-order valence-electron chi connectivity index (χ0n) is 11.4. The number of hydrogen-bond donors (Lipinski definition) is 2. The van der Waals surface area contributed by atoms with Crippen molar-refractivity contribution in [3.8, 4) is 0 Å². The first kappa shape index (κ1) is 13.5. The van der Waals surface area contributed by atoms with Gasteiger partial charge < -0.3 is 0 Å². The molecule has 3 rings (SSSR count). The summed E-state index contributed by atoms with van der Waals surface area (Å²) in [6.07, 6.45) is 1.28. The van der Waals surface area contributed by atoms with Crippen LogP contribution in [0.1, 0.15) is 39.4 Å². The monoisotopic (exact) mass is 281 g/mol. The van der Waals surface area contributed by atoms with E-state index >= 15 is 0 Å². The lowest BCUT2D eigenvalue weighted by atomic mass is 9.94. The van der Waals surface area contributed by atoms with Gasteiger partial charge in [-0.25, -0.2) is 5.48 Å². The molecule has 1 aliphatic carbocycles. The van der Waals surface area contributed by atoms with Crippen molar-refractivity contribution in [2.45, 2.75) is 18.8 Å². The number of fused-ring (bicyclic) bond motifs is 1. The van der Waals surface area contributed by atoms with Crippen LogP contribution in [0.25, 0.3) is 0 Å². The summed E-state index contributed by atoms with van der Waals surface area (Å²) in [6, 6.07) is 14.5. The Labute approximate surface area is 122 Å². The number of carbonyl (C=O) groups excluding carboxylic acids is 2. The summed E-state index contributed by atoms with van der Waals surface area (Å²) in [5.74, 6) is -0.830. The van der Waals surface area contributed by atoms with E-state index in [4.69, 9.17) is 5.21 Å². The highest BCUT2D eigenvalue weighted by atomic mass is 16.5. The summed E-state index contributed by atoms with van der Waals surface area (Å²) in [4.78, 5) is 24.3. The number of nitrogens with one attached hydrogen (secondary N) is 1. The van der Waals surface area contributed by atoms with Gasteiger partial charge in [0.15, 0.2) is 5.78 Å². The van der Waals surface area contributed by atoms with Gasteiger partial charge in [-0.3, -0.25) is 14.8 Å². The number of amides is 1. The quantitative estimate of drug-likeness (QED) is 0.516. The lowest BCUT2D eigenvalue weighted by Gasteiger charge is -2.11. The smallest absolute Gasteiger partial charge is 0.250 e. The molecule has 0 aromatic heterocycles. The Morgan fingerprint density at radius 3 is 2.52 bits per heavy atom. The van der Waals surface area contributed by atoms with Crippen LogP contribution in [0.2, 0.25) is 0 Å². The second-order valence-electron chi connectivity index (χ2n) is 5.14. The average Bonchev–Trinajstić information content (AvgIpc) is 2.98. The Morgan fingerprint density at radius 1 is 1.05 bits per heavy atom. The molecule has 1 unspecified atom stereocenters. The third kappa shape index (κ3) is 2.34. The third-order valence-corrected chi connectivity index (χ3v) is 3.98. The molecule has 2 N–H and O–H groups in total. The third-order valence-electron chi connectivity index (χ3n) is 3.98. The Hall–Kier alpha value is -2.46. The van der Waals surface area contributed by atoms with E-state index in [2.05, 4.69) is 0 Å². The van der Waals surface area contributed by atoms with Crippen LogP contribution >= 0.6 is 0 Å². The molecule has 0 bridgehead atoms. The zero-order valence-corrected chi connectivity index (χ0v) is 11.4. The van der Waals surface area contributed by atoms with Crippen molar-refractivity contribution in [3.63, 3.8) is 0 Å². The molecular weight excluding hydrogens is 266 g/mol. The largest absolute Gasteiger partial charge is 0.289 e. The van der Waals surface area contributed by atoms with Crippen molar-refractivity contribution in [1.82, 2.24) is 5.48 Å². The molecule has 21 heavy (non-hydrogen) atoms. The van der Waals surface area contributed by atoms with Gasteiger partial charge in [-0.15, -0.1) is 0 Å². The van der Waals surface area contributed by atoms with E-state index in [0.717, 1.165) is 11.1 Å². The molecule has 0 fully saturated rings. The van der Waals surface area contributed by atoms with E-state index in [1.807, 2.05) is 24.3 Å². The Bertz CT molecular complexity index is 694. The molecule has 0 spiro atoms. The maximum atomic E-state index is 12.6. The van der Waals surface area contributed by atoms with Crippen LogP contribution in [0, 0.1) is 0 Å². The van der Waals surface area contributed by atoms with E-state index in [1.165, 1.54) is 0 Å². The average molecular weight is 281 g/mol. The maximum Gasteiger partial charge on any atom is 0.250 e. The molecule has 4 nitrogen and oxygen atoms in total. The Morgan fingerprint density at radius 2 is 1.81 bits per heavy atom. The predicted octanol–water partition coefficient (Wildman–Crippen LogP) is 2.45. The van der Waals surface area contributed by atoms with Crippen molar-refractivity contribution in [2.24, 2.45) is 0 Å². The van der Waals surface area contributed by atoms with Crippen molar-refractivity contribution >= 4 is 11.7 Å². The molecule has 0 saturated heterocycles. The van der Waals surface area contributed by atoms with Gasteiger partial charge in [-0.1, -0.05) is 48.5 Å². The number of carbonyl (C=O) groups is 2. The van der Waals surface area contributed by atoms with Crippen LogP contribution < -0.4 is 5.48 Å². The van der Waals surface area contributed by atoms with Gasteiger partial charge in [0.2, 0.25) is 0 Å². The summed E-state index contributed by atoms with van der Waals surface area (Å²) < 4.78 is 0. The molecule has 0 heterocycles. The molecule has 2 aromatic rings. The molecule has 1 amide bonds. The van der Waals surface area contributed by atoms with Gasteiger partial charge in [0.05, 0.1) is 5.92 Å². The first-order valence-electron chi connectivity index (χ1n) is 6.88. The molecule has 106 valence electrons. The van der Waals surface area contributed by atoms with E-state index in [9.17, 15) is 9.59 Å². The van der Waals surface area contributed by atoms with Gasteiger partial charge >= 0.3 is 0 Å². The highest BCUT2D eigenvalue weighted by molar-refractivity contribution is 6.10. The van der Waals surface area contributed by atoms with E-state index < -0.39 is 5.91 Å². The van der Waals surface area contributed by atoms with Crippen LogP contribution in [-0.2, 0) is 11.2 Å². The SMILES string of the molecule is O=C(c1ccccc1)c1cccc2c1CCC2C(=O)NO. The minimum Gasteiger partial charge on any atom is -0.289 e. The molecule has 1 atom stereocenters. The fraction of sp³-hybridized carbons (Fsp3) is 0.176. The Kier molecular flexibility index (Phi) is 3.54. The minimum atomic E-state index is -0.418. The number of benzene rings is 2. The second kappa shape index (κ2) is 5.50. The van der Waals surface area contributed by atoms with Crippen LogP contribution in [0.15, 0.2) is 48.5 Å². The summed E-state index contributed by atoms with van der Waals surface area (Å²) in [5.41, 5.74) is 4.74. The standard InChI is InChI=1S/C17H15NO3/c19-16(11-5-2-1-3-6-11)14-8-4-7-12-13(14)9-10-15(12)17(20)18-21/h1-8,15,21H,9-10H2,(H,18,20). The molecule has 1 aliphatic rings. The molecular formula is C17H15NO3. The molecule has 0 aliphatic heterocycles. The van der Waals surface area contributed by atoms with E-state index in [1.54, 1.807) is 29.7 Å². The summed E-state index contributed by atoms with van der Waals surface area (Å²) in [6.45, 7) is 0. The predicted molar refractivity (Wildman–Crippen MR) is 77.3 cm³/mol. The highest BCUT2D eigenvalue weighted by Crippen LogP contribution is 2.35.